The normalized spacial score (nSPS) is 14.5. The first-order chi connectivity index (χ1) is 16.8. The lowest BCUT2D eigenvalue weighted by molar-refractivity contribution is -0.384. The number of nitrogens with zero attached hydrogens (tertiary/aromatic N) is 2. The standard InChI is InChI=1S/C24H16BrFN2O5S2/c1-32-20-10-15(9-19(25)22(20)33-13-14-5-7-16(26)8-6-14)11-21-23(29)27(24(34)35-21)17-3-2-4-18(12-17)28(30)31/h2-12H,13H2,1H3/b21-11+. The smallest absolute Gasteiger partial charge is 0.271 e. The molecule has 0 aliphatic carbocycles. The number of carbonyl (C=O) groups excluding carboxylic acids is 1. The lowest BCUT2D eigenvalue weighted by atomic mass is 10.1. The minimum atomic E-state index is -0.527. The van der Waals surface area contributed by atoms with E-state index in [0.29, 0.717) is 32.1 Å². The van der Waals surface area contributed by atoms with E-state index in [1.54, 1.807) is 36.4 Å². The van der Waals surface area contributed by atoms with Crippen molar-refractivity contribution in [2.45, 2.75) is 6.61 Å². The third-order valence-corrected chi connectivity index (χ3v) is 6.83. The highest BCUT2D eigenvalue weighted by molar-refractivity contribution is 9.10. The number of amides is 1. The monoisotopic (exact) mass is 574 g/mol. The first-order valence-electron chi connectivity index (χ1n) is 10.0. The molecule has 1 aliphatic rings. The molecular formula is C24H16BrFN2O5S2. The number of non-ortho nitro benzene ring substituents is 1. The Morgan fingerprint density at radius 3 is 2.63 bits per heavy atom. The van der Waals surface area contributed by atoms with Gasteiger partial charge < -0.3 is 9.47 Å². The molecule has 0 spiro atoms. The molecule has 35 heavy (non-hydrogen) atoms. The van der Waals surface area contributed by atoms with Crippen LogP contribution in [-0.2, 0) is 11.4 Å². The summed E-state index contributed by atoms with van der Waals surface area (Å²) >= 11 is 9.95. The van der Waals surface area contributed by atoms with Crippen molar-refractivity contribution in [2.24, 2.45) is 0 Å². The maximum atomic E-state index is 13.1. The molecule has 1 heterocycles. The fourth-order valence-electron chi connectivity index (χ4n) is 3.29. The minimum absolute atomic E-state index is 0.134. The molecule has 0 aromatic heterocycles. The van der Waals surface area contributed by atoms with E-state index in [2.05, 4.69) is 15.9 Å². The number of nitro benzene ring substituents is 1. The summed E-state index contributed by atoms with van der Waals surface area (Å²) in [5.41, 5.74) is 1.63. The van der Waals surface area contributed by atoms with E-state index in [4.69, 9.17) is 21.7 Å². The highest BCUT2D eigenvalue weighted by Gasteiger charge is 2.34. The van der Waals surface area contributed by atoms with E-state index in [1.807, 2.05) is 0 Å². The lowest BCUT2D eigenvalue weighted by Gasteiger charge is -2.14. The van der Waals surface area contributed by atoms with Crippen LogP contribution in [0.1, 0.15) is 11.1 Å². The summed E-state index contributed by atoms with van der Waals surface area (Å²) in [6.07, 6.45) is 1.66. The van der Waals surface area contributed by atoms with Gasteiger partial charge >= 0.3 is 0 Å². The number of methoxy groups -OCH3 is 1. The summed E-state index contributed by atoms with van der Waals surface area (Å²) < 4.78 is 25.4. The zero-order chi connectivity index (χ0) is 25.1. The van der Waals surface area contributed by atoms with E-state index in [9.17, 15) is 19.3 Å². The Morgan fingerprint density at radius 1 is 1.20 bits per heavy atom. The van der Waals surface area contributed by atoms with Gasteiger partial charge in [-0.3, -0.25) is 19.8 Å². The van der Waals surface area contributed by atoms with E-state index in [1.165, 1.54) is 42.3 Å². The second kappa shape index (κ2) is 10.5. The number of nitro groups is 1. The Labute approximate surface area is 217 Å². The van der Waals surface area contributed by atoms with Crippen LogP contribution in [0.25, 0.3) is 6.08 Å². The summed E-state index contributed by atoms with van der Waals surface area (Å²) in [4.78, 5) is 25.3. The van der Waals surface area contributed by atoms with Crippen molar-refractivity contribution in [3.63, 3.8) is 0 Å². The third-order valence-electron chi connectivity index (χ3n) is 4.94. The number of anilines is 1. The molecule has 3 aromatic carbocycles. The van der Waals surface area contributed by atoms with Crippen LogP contribution >= 0.6 is 39.9 Å². The molecule has 0 saturated carbocycles. The number of hydrogen-bond acceptors (Lipinski definition) is 7. The van der Waals surface area contributed by atoms with Gasteiger partial charge in [-0.1, -0.05) is 42.2 Å². The molecule has 0 unspecified atom stereocenters. The molecule has 0 N–H and O–H groups in total. The average Bonchev–Trinajstić information content (AvgIpc) is 3.11. The maximum absolute atomic E-state index is 13.1. The second-order valence-electron chi connectivity index (χ2n) is 7.24. The first kappa shape index (κ1) is 24.8. The van der Waals surface area contributed by atoms with Crippen molar-refractivity contribution in [2.75, 3.05) is 12.0 Å². The van der Waals surface area contributed by atoms with Crippen LogP contribution in [0, 0.1) is 15.9 Å². The van der Waals surface area contributed by atoms with Gasteiger partial charge in [-0.15, -0.1) is 0 Å². The zero-order valence-electron chi connectivity index (χ0n) is 18.1. The molecule has 1 aliphatic heterocycles. The molecule has 0 bridgehead atoms. The van der Waals surface area contributed by atoms with Gasteiger partial charge in [0, 0.05) is 12.1 Å². The van der Waals surface area contributed by atoms with Gasteiger partial charge in [-0.2, -0.15) is 0 Å². The summed E-state index contributed by atoms with van der Waals surface area (Å²) in [5.74, 6) is 0.181. The predicted molar refractivity (Wildman–Crippen MR) is 140 cm³/mol. The quantitative estimate of drug-likeness (QED) is 0.138. The van der Waals surface area contributed by atoms with Crippen LogP contribution in [0.15, 0.2) is 70.0 Å². The van der Waals surface area contributed by atoms with E-state index in [0.717, 1.165) is 17.3 Å². The number of hydrogen-bond donors (Lipinski definition) is 0. The predicted octanol–water partition coefficient (Wildman–Crippen LogP) is 6.49. The van der Waals surface area contributed by atoms with Gasteiger partial charge in [0.05, 0.1) is 27.1 Å². The summed E-state index contributed by atoms with van der Waals surface area (Å²) in [7, 11) is 1.50. The fourth-order valence-corrected chi connectivity index (χ4v) is 5.16. The van der Waals surface area contributed by atoms with Crippen molar-refractivity contribution >= 4 is 67.6 Å². The van der Waals surface area contributed by atoms with Gasteiger partial charge in [-0.25, -0.2) is 4.39 Å². The molecule has 0 radical (unpaired) electrons. The Kier molecular flexibility index (Phi) is 7.48. The zero-order valence-corrected chi connectivity index (χ0v) is 21.3. The van der Waals surface area contributed by atoms with Crippen LogP contribution in [0.3, 0.4) is 0 Å². The van der Waals surface area contributed by atoms with Crippen molar-refractivity contribution in [1.82, 2.24) is 0 Å². The molecule has 1 fully saturated rings. The summed E-state index contributed by atoms with van der Waals surface area (Å²) in [6.45, 7) is 0.205. The van der Waals surface area contributed by atoms with Gasteiger partial charge in [0.15, 0.2) is 15.8 Å². The second-order valence-corrected chi connectivity index (χ2v) is 9.77. The molecular weight excluding hydrogens is 559 g/mol. The van der Waals surface area contributed by atoms with Crippen LogP contribution < -0.4 is 14.4 Å². The number of benzene rings is 3. The number of halogens is 2. The molecule has 3 aromatic rings. The van der Waals surface area contributed by atoms with Crippen molar-refractivity contribution in [3.05, 3.63) is 97.1 Å². The van der Waals surface area contributed by atoms with Crippen LogP contribution in [0.5, 0.6) is 11.5 Å². The van der Waals surface area contributed by atoms with Gasteiger partial charge in [0.1, 0.15) is 12.4 Å². The SMILES string of the molecule is COc1cc(/C=C2/SC(=S)N(c3cccc([N+](=O)[O-])c3)C2=O)cc(Br)c1OCc1ccc(F)cc1. The maximum Gasteiger partial charge on any atom is 0.271 e. The van der Waals surface area contributed by atoms with Crippen molar-refractivity contribution in [1.29, 1.82) is 0 Å². The highest BCUT2D eigenvalue weighted by atomic mass is 79.9. The molecule has 1 saturated heterocycles. The van der Waals surface area contributed by atoms with Gasteiger partial charge in [-0.05, 0) is 63.5 Å². The molecule has 7 nitrogen and oxygen atoms in total. The minimum Gasteiger partial charge on any atom is -0.493 e. The van der Waals surface area contributed by atoms with Crippen molar-refractivity contribution < 1.29 is 23.6 Å². The molecule has 1 amide bonds. The summed E-state index contributed by atoms with van der Waals surface area (Å²) in [5, 5.41) is 11.1. The average molecular weight is 575 g/mol. The number of carbonyl (C=O) groups is 1. The van der Waals surface area contributed by atoms with Gasteiger partial charge in [0.25, 0.3) is 11.6 Å². The van der Waals surface area contributed by atoms with E-state index < -0.39 is 4.92 Å². The number of thiocarbonyl (C=S) groups is 1. The Hall–Kier alpha value is -3.28. The van der Waals surface area contributed by atoms with Crippen LogP contribution in [0.4, 0.5) is 15.8 Å². The topological polar surface area (TPSA) is 81.9 Å². The third kappa shape index (κ3) is 5.53. The molecule has 0 atom stereocenters. The molecule has 11 heteroatoms. The largest absolute Gasteiger partial charge is 0.493 e. The van der Waals surface area contributed by atoms with E-state index in [-0.39, 0.29) is 28.3 Å². The lowest BCUT2D eigenvalue weighted by Crippen LogP contribution is -2.27. The number of ether oxygens (including phenoxy) is 2. The Bertz CT molecular complexity index is 1360. The molecule has 178 valence electrons. The van der Waals surface area contributed by atoms with Gasteiger partial charge in [0.2, 0.25) is 0 Å². The highest BCUT2D eigenvalue weighted by Crippen LogP contribution is 2.40. The van der Waals surface area contributed by atoms with Crippen molar-refractivity contribution in [3.8, 4) is 11.5 Å². The Balaban J connectivity index is 1.58. The number of rotatable bonds is 7. The van der Waals surface area contributed by atoms with E-state index >= 15 is 0 Å². The number of thioether (sulfide) groups is 1. The van der Waals surface area contributed by atoms with Crippen LogP contribution in [0.2, 0.25) is 0 Å². The fraction of sp³-hybridized carbons (Fsp3) is 0.0833. The Morgan fingerprint density at radius 2 is 1.94 bits per heavy atom. The molecule has 4 rings (SSSR count). The van der Waals surface area contributed by atoms with Crippen LogP contribution in [-0.4, -0.2) is 22.3 Å². The summed E-state index contributed by atoms with van der Waals surface area (Å²) in [6, 6.07) is 15.2. The first-order valence-corrected chi connectivity index (χ1v) is 12.1.